The van der Waals surface area contributed by atoms with Crippen molar-refractivity contribution in [2.24, 2.45) is 0 Å². The molecule has 0 bridgehead atoms. The van der Waals surface area contributed by atoms with Crippen molar-refractivity contribution < 1.29 is 8.56 Å². The van der Waals surface area contributed by atoms with E-state index in [9.17, 15) is 0 Å². The van der Waals surface area contributed by atoms with E-state index in [1.165, 1.54) is 0 Å². The topological polar surface area (TPSA) is 0 Å². The molecule has 0 aliphatic rings. The van der Waals surface area contributed by atoms with E-state index in [2.05, 4.69) is 170 Å². The Morgan fingerprint density at radius 1 is 0.130 bits per heavy atom. The molecule has 0 heterocycles. The van der Waals surface area contributed by atoms with Gasteiger partial charge < -0.3 is 48.5 Å². The van der Waals surface area contributed by atoms with E-state index in [-0.39, 0.29) is 200 Å². The number of unbranched alkanes of at least 4 members (excludes halogenated alkanes) is 7. The Morgan fingerprint density at radius 3 is 0.185 bits per heavy atom. The molecule has 0 nitrogen and oxygen atoms in total. The van der Waals surface area contributed by atoms with E-state index >= 15 is 0 Å². The van der Waals surface area contributed by atoms with E-state index in [0.717, 1.165) is 89.9 Å². The quantitative estimate of drug-likeness (QED) is 0.110. The van der Waals surface area contributed by atoms with Crippen molar-refractivity contribution >= 4 is 191 Å². The second-order valence-electron chi connectivity index (χ2n) is 17.9. The fourth-order valence-corrected chi connectivity index (χ4v) is 4.10. The van der Waals surface area contributed by atoms with Crippen molar-refractivity contribution in [3.63, 3.8) is 0 Å². The van der Waals surface area contributed by atoms with Crippen molar-refractivity contribution in [3.8, 4) is 0 Å². The maximum atomic E-state index is 3.54. The van der Waals surface area contributed by atoms with Gasteiger partial charge in [-0.2, -0.15) is 0 Å². The van der Waals surface area contributed by atoms with Crippen LogP contribution in [0.25, 0.3) is 0 Å². The van der Waals surface area contributed by atoms with Gasteiger partial charge in [0, 0.05) is 200 Å². The van der Waals surface area contributed by atoms with Crippen LogP contribution in [0.15, 0.2) is 364 Å². The van der Waals surface area contributed by atoms with Crippen LogP contribution in [-0.2, 0) is 0 Å². The molecule has 8 heteroatoms. The number of rotatable bonds is 7. The van der Waals surface area contributed by atoms with Gasteiger partial charge in [0.05, 0.1) is 93.4 Å². The second kappa shape index (κ2) is 159. The third-order valence-corrected chi connectivity index (χ3v) is 9.04. The molecule has 0 aliphatic carbocycles. The summed E-state index contributed by atoms with van der Waals surface area (Å²) in [7, 11) is 0. The molecule has 0 saturated heterocycles. The van der Waals surface area contributed by atoms with Gasteiger partial charge in [-0.3, -0.25) is 0 Å². The van der Waals surface area contributed by atoms with Crippen LogP contribution in [0.2, 0.25) is 0 Å². The Balaban J connectivity index is -0.0000000420. The minimum atomic E-state index is 0. The monoisotopic (exact) mass is 2290 g/mol. The van der Waals surface area contributed by atoms with Crippen LogP contribution in [0.3, 0.4) is 0 Å². The van der Waals surface area contributed by atoms with Crippen molar-refractivity contribution in [2.45, 2.75) is 89.9 Å². The average molecular weight is 2280 g/mol. The van der Waals surface area contributed by atoms with Gasteiger partial charge in [-0.1, -0.05) is 364 Å². The van der Waals surface area contributed by atoms with E-state index in [1.54, 1.807) is 0 Å². The van der Waals surface area contributed by atoms with Crippen LogP contribution < -0.4 is 0 Å². The molecule has 0 atom stereocenters. The van der Waals surface area contributed by atoms with Gasteiger partial charge in [0.15, 0.2) is 0 Å². The molecular weight excluding hydrogens is 2150 g/mol. The van der Waals surface area contributed by atoms with Crippen LogP contribution in [0.4, 0.5) is 0 Å². The van der Waals surface area contributed by atoms with Gasteiger partial charge in [-0.05, 0) is 72.8 Å². The van der Waals surface area contributed by atoms with Crippen molar-refractivity contribution in [3.05, 3.63) is 534 Å². The van der Waals surface area contributed by atoms with Gasteiger partial charge in [0.1, 0.15) is 0 Å². The molecule has 0 aromatic heterocycles. The summed E-state index contributed by atoms with van der Waals surface area (Å²) in [5, 5.41) is 0. The first-order valence-corrected chi connectivity index (χ1v) is 33.4. The zero-order valence-corrected chi connectivity index (χ0v) is 87.3. The number of benzene rings is 12. The van der Waals surface area contributed by atoms with Gasteiger partial charge in [-0.15, -0.1) is 44.9 Å². The first-order chi connectivity index (χ1) is 49.4. The molecular formula is C100H128Sn8. The zero-order chi connectivity index (χ0) is 74.8. The fourth-order valence-electron chi connectivity index (χ4n) is 4.10. The van der Waals surface area contributed by atoms with E-state index in [0.29, 0.717) is 0 Å². The minimum Gasteiger partial charge on any atom is -0.339 e. The van der Waals surface area contributed by atoms with E-state index < -0.39 is 0 Å². The van der Waals surface area contributed by atoms with Crippen molar-refractivity contribution in [2.75, 3.05) is 0 Å². The van der Waals surface area contributed by atoms with Gasteiger partial charge >= 0.3 is 0 Å². The van der Waals surface area contributed by atoms with Crippen LogP contribution >= 0.6 is 0 Å². The van der Waals surface area contributed by atoms with Crippen molar-refractivity contribution in [1.29, 1.82) is 0 Å². The third kappa shape index (κ3) is 185. The molecule has 12 aromatic carbocycles. The molecule has 12 aromatic rings. The first kappa shape index (κ1) is 139. The fraction of sp³-hybridized carbons (Fsp3) is 0.140. The molecule has 108 heavy (non-hydrogen) atoms. The summed E-state index contributed by atoms with van der Waals surface area (Å²) in [4.78, 5) is 0. The normalized spacial score (nSPS) is 7.21. The molecule has 12 rings (SSSR count). The molecule has 560 valence electrons. The Kier molecular flexibility index (Phi) is 206. The van der Waals surface area contributed by atoms with Crippen LogP contribution in [0, 0.1) is 170 Å². The molecule has 0 saturated carbocycles. The Labute approximate surface area is 813 Å². The summed E-state index contributed by atoms with van der Waals surface area (Å²) in [5.74, 6) is 0. The van der Waals surface area contributed by atoms with Gasteiger partial charge in [-0.25, -0.2) is 0 Å². The predicted octanol–water partition coefficient (Wildman–Crippen LogP) is 26.3. The molecule has 0 amide bonds. The molecule has 0 aliphatic heterocycles. The Morgan fingerprint density at radius 2 is 0.176 bits per heavy atom. The maximum absolute atomic E-state index is 3.54. The largest absolute Gasteiger partial charge is 0.339 e. The molecule has 0 N–H and O–H groups in total. The van der Waals surface area contributed by atoms with E-state index in [4.69, 9.17) is 0 Å². The summed E-state index contributed by atoms with van der Waals surface area (Å²) in [6.07, 6.45) is 13.4. The molecule has 0 unspecified atom stereocenters. The van der Waals surface area contributed by atoms with Crippen LogP contribution in [0.1, 0.15) is 98.5 Å². The molecule has 0 spiro atoms. The average Bonchev–Trinajstić information content (AvgIpc) is 2.03. The summed E-state index contributed by atoms with van der Waals surface area (Å²) >= 11 is 0. The third-order valence-electron chi connectivity index (χ3n) is 9.04. The summed E-state index contributed by atoms with van der Waals surface area (Å²) < 4.78 is 0. The number of hydrogen-bond donors (Lipinski definition) is 0. The van der Waals surface area contributed by atoms with Gasteiger partial charge in [0.25, 0.3) is 0 Å². The summed E-state index contributed by atoms with van der Waals surface area (Å²) in [6.45, 7) is 49.6. The standard InChI is InChI=1S/12C6H5.7C4H8.8Sn.6H2/c12*1-2-4-6-5-3-1;7*1-3-4-2;;;;;;;;;;;;;;/h12*1-5H;7*1-4H2;;;;;;;;;6*1H. The zero-order valence-electron chi connectivity index (χ0n) is 64.4. The predicted molar refractivity (Wildman–Crippen MR) is 502 cm³/mol. The first-order valence-electron chi connectivity index (χ1n) is 33.4. The maximum Gasteiger partial charge on any atom is 0.0587 e. The minimum absolute atomic E-state index is 0. The van der Waals surface area contributed by atoms with E-state index in [1.807, 2.05) is 364 Å². The Hall–Kier alpha value is -3.88. The molecule has 0 fully saturated rings. The number of hydrogen-bond acceptors (Lipinski definition) is 0. The summed E-state index contributed by atoms with van der Waals surface area (Å²) in [5.41, 5.74) is 0. The Bertz CT molecular complexity index is 1820. The van der Waals surface area contributed by atoms with Crippen LogP contribution in [0.5, 0.6) is 0 Å². The second-order valence-corrected chi connectivity index (χ2v) is 17.9. The van der Waals surface area contributed by atoms with Gasteiger partial charge in [0.2, 0.25) is 0 Å². The SMILES string of the molecule is [CH2+]CC[CH2-].[CH2+]CC[CH2-].[CH2+]CC[CH2-].[CH2+]CC[CH2-].[CH2+]CC[CH2-].[CH2+]CC[CH2-].[CH2+]CC[CH2-].[HH].[HH].[HH].[HH].[HH].[HH].[Sn].[Sn].[Sn].[Sn].[Sn].[Sn].[Sn].[Sn].[c]1ccccc1.[c]1ccccc1.[c]1ccccc1.[c]1ccccc1.[c]1ccccc1.[c]1ccccc1.[c]1ccccc1.[c]1ccccc1.[c]1ccccc1.[c]1ccccc1.[c]1ccccc1.[c]1ccccc1. The van der Waals surface area contributed by atoms with Crippen LogP contribution in [-0.4, -0.2) is 191 Å². The molecule has 44 radical (unpaired) electrons. The smallest absolute Gasteiger partial charge is 0.0587 e. The van der Waals surface area contributed by atoms with Crippen molar-refractivity contribution in [1.82, 2.24) is 0 Å². The summed E-state index contributed by atoms with van der Waals surface area (Å²) in [6, 6.07) is 150.